The molecule has 1 aliphatic heterocycles. The summed E-state index contributed by atoms with van der Waals surface area (Å²) in [7, 11) is -3.82. The molecule has 2 heterocycles. The second-order valence-corrected chi connectivity index (χ2v) is 9.95. The maximum absolute atomic E-state index is 13.0. The number of hydrogen-bond acceptors (Lipinski definition) is 6. The summed E-state index contributed by atoms with van der Waals surface area (Å²) in [6.07, 6.45) is 0.526. The van der Waals surface area contributed by atoms with E-state index >= 15 is 0 Å². The van der Waals surface area contributed by atoms with Crippen molar-refractivity contribution in [3.63, 3.8) is 0 Å². The van der Waals surface area contributed by atoms with Crippen LogP contribution in [0, 0.1) is 5.92 Å². The molecule has 8 nitrogen and oxygen atoms in total. The number of anilines is 2. The van der Waals surface area contributed by atoms with Crippen LogP contribution in [0.5, 0.6) is 0 Å². The van der Waals surface area contributed by atoms with Gasteiger partial charge in [-0.05, 0) is 30.2 Å². The molecule has 0 saturated carbocycles. The van der Waals surface area contributed by atoms with E-state index in [2.05, 4.69) is 9.71 Å². The minimum Gasteiger partial charge on any atom is -0.350 e. The van der Waals surface area contributed by atoms with Gasteiger partial charge in [-0.2, -0.15) is 0 Å². The molecule has 1 N–H and O–H groups in total. The summed E-state index contributed by atoms with van der Waals surface area (Å²) in [5, 5.41) is 0. The van der Waals surface area contributed by atoms with E-state index in [-0.39, 0.29) is 16.6 Å². The van der Waals surface area contributed by atoms with Crippen LogP contribution in [0.2, 0.25) is 0 Å². The number of nitrogens with zero attached hydrogens (tertiary/aromatic N) is 4. The molecule has 32 heavy (non-hydrogen) atoms. The van der Waals surface area contributed by atoms with E-state index in [9.17, 15) is 13.2 Å². The minimum atomic E-state index is -3.82. The van der Waals surface area contributed by atoms with Crippen molar-refractivity contribution in [2.45, 2.75) is 25.2 Å². The quantitative estimate of drug-likeness (QED) is 0.616. The smallest absolute Gasteiger partial charge is 0.263 e. The molecule has 0 radical (unpaired) electrons. The Morgan fingerprint density at radius 3 is 2.16 bits per heavy atom. The number of amides is 1. The van der Waals surface area contributed by atoms with Crippen LogP contribution in [0.25, 0.3) is 11.0 Å². The first-order valence-electron chi connectivity index (χ1n) is 10.7. The normalized spacial score (nSPS) is 14.7. The number of para-hydroxylation sites is 2. The SMILES string of the molecule is CC(C)CC(=O)N1CCN(c2nc3ccccc3nc2NS(=O)(=O)c2ccccc2)CC1. The van der Waals surface area contributed by atoms with E-state index < -0.39 is 10.0 Å². The van der Waals surface area contributed by atoms with Crippen molar-refractivity contribution in [2.75, 3.05) is 35.8 Å². The number of rotatable bonds is 6. The van der Waals surface area contributed by atoms with Gasteiger partial charge in [0.05, 0.1) is 15.9 Å². The lowest BCUT2D eigenvalue weighted by Gasteiger charge is -2.36. The van der Waals surface area contributed by atoms with Gasteiger partial charge in [-0.1, -0.05) is 44.2 Å². The summed E-state index contributed by atoms with van der Waals surface area (Å²) in [5.41, 5.74) is 1.29. The van der Waals surface area contributed by atoms with Gasteiger partial charge >= 0.3 is 0 Å². The van der Waals surface area contributed by atoms with Crippen LogP contribution >= 0.6 is 0 Å². The first-order valence-corrected chi connectivity index (χ1v) is 12.2. The summed E-state index contributed by atoms with van der Waals surface area (Å²) in [6.45, 7) is 6.29. The maximum atomic E-state index is 13.0. The molecule has 1 amide bonds. The van der Waals surface area contributed by atoms with Crippen LogP contribution in [0.4, 0.5) is 11.6 Å². The topological polar surface area (TPSA) is 95.5 Å². The number of benzene rings is 2. The van der Waals surface area contributed by atoms with Crippen LogP contribution in [0.3, 0.4) is 0 Å². The highest BCUT2D eigenvalue weighted by Crippen LogP contribution is 2.28. The van der Waals surface area contributed by atoms with Crippen LogP contribution < -0.4 is 9.62 Å². The highest BCUT2D eigenvalue weighted by Gasteiger charge is 2.26. The van der Waals surface area contributed by atoms with Crippen molar-refractivity contribution in [1.29, 1.82) is 0 Å². The molecule has 3 aromatic rings. The van der Waals surface area contributed by atoms with E-state index in [0.717, 1.165) is 0 Å². The molecule has 1 aliphatic rings. The second-order valence-electron chi connectivity index (χ2n) is 8.27. The molecule has 9 heteroatoms. The zero-order chi connectivity index (χ0) is 22.7. The number of sulfonamides is 1. The molecule has 2 aromatic carbocycles. The number of hydrogen-bond donors (Lipinski definition) is 1. The van der Waals surface area contributed by atoms with E-state index in [0.29, 0.717) is 55.4 Å². The van der Waals surface area contributed by atoms with Gasteiger partial charge < -0.3 is 9.80 Å². The van der Waals surface area contributed by atoms with E-state index in [1.54, 1.807) is 24.3 Å². The number of carbonyl (C=O) groups excluding carboxylic acids is 1. The third-order valence-electron chi connectivity index (χ3n) is 5.35. The fraction of sp³-hybridized carbons (Fsp3) is 0.348. The third kappa shape index (κ3) is 4.83. The van der Waals surface area contributed by atoms with Crippen molar-refractivity contribution in [2.24, 2.45) is 5.92 Å². The van der Waals surface area contributed by atoms with Gasteiger partial charge in [0.25, 0.3) is 10.0 Å². The average Bonchev–Trinajstić information content (AvgIpc) is 2.78. The van der Waals surface area contributed by atoms with Gasteiger partial charge in [-0.15, -0.1) is 0 Å². The van der Waals surface area contributed by atoms with Crippen molar-refractivity contribution in [1.82, 2.24) is 14.9 Å². The highest BCUT2D eigenvalue weighted by atomic mass is 32.2. The maximum Gasteiger partial charge on any atom is 0.263 e. The lowest BCUT2D eigenvalue weighted by atomic mass is 10.1. The summed E-state index contributed by atoms with van der Waals surface area (Å²) in [5.74, 6) is 1.12. The number of fused-ring (bicyclic) bond motifs is 1. The molecular formula is C23H27N5O3S. The Hall–Kier alpha value is -3.20. The largest absolute Gasteiger partial charge is 0.350 e. The van der Waals surface area contributed by atoms with Gasteiger partial charge in [0.1, 0.15) is 0 Å². The number of aromatic nitrogens is 2. The first-order chi connectivity index (χ1) is 15.3. The Bertz CT molecular complexity index is 1210. The van der Waals surface area contributed by atoms with Crippen LogP contribution in [-0.2, 0) is 14.8 Å². The summed E-state index contributed by atoms with van der Waals surface area (Å²) in [4.78, 5) is 25.7. The zero-order valence-electron chi connectivity index (χ0n) is 18.2. The molecule has 1 saturated heterocycles. The molecule has 0 unspecified atom stereocenters. The Balaban J connectivity index is 1.63. The first kappa shape index (κ1) is 22.0. The second kappa shape index (κ2) is 9.12. The van der Waals surface area contributed by atoms with Gasteiger partial charge in [0.15, 0.2) is 11.6 Å². The van der Waals surface area contributed by atoms with Crippen molar-refractivity contribution < 1.29 is 13.2 Å². The molecule has 1 fully saturated rings. The molecule has 0 atom stereocenters. The average molecular weight is 454 g/mol. The Morgan fingerprint density at radius 1 is 0.938 bits per heavy atom. The molecule has 4 rings (SSSR count). The summed E-state index contributed by atoms with van der Waals surface area (Å²) < 4.78 is 28.6. The van der Waals surface area contributed by atoms with Crippen LogP contribution in [0.1, 0.15) is 20.3 Å². The Labute approximate surface area is 188 Å². The fourth-order valence-electron chi connectivity index (χ4n) is 3.71. The molecule has 168 valence electrons. The standard InChI is InChI=1S/C23H27N5O3S/c1-17(2)16-21(29)27-12-14-28(15-13-27)23-22(24-19-10-6-7-11-20(19)25-23)26-32(30,31)18-8-4-3-5-9-18/h3-11,17H,12-16H2,1-2H3,(H,24,26). The third-order valence-corrected chi connectivity index (χ3v) is 6.71. The number of carbonyl (C=O) groups is 1. The lowest BCUT2D eigenvalue weighted by molar-refractivity contribution is -0.132. The van der Waals surface area contributed by atoms with Crippen LogP contribution in [-0.4, -0.2) is 55.4 Å². The molecule has 0 bridgehead atoms. The van der Waals surface area contributed by atoms with Crippen molar-refractivity contribution in [3.05, 3.63) is 54.6 Å². The van der Waals surface area contributed by atoms with Crippen LogP contribution in [0.15, 0.2) is 59.5 Å². The van der Waals surface area contributed by atoms with E-state index in [1.807, 2.05) is 41.8 Å². The van der Waals surface area contributed by atoms with Gasteiger partial charge in [0, 0.05) is 32.6 Å². The number of nitrogens with one attached hydrogen (secondary N) is 1. The Morgan fingerprint density at radius 2 is 1.53 bits per heavy atom. The predicted octanol–water partition coefficient (Wildman–Crippen LogP) is 3.13. The molecule has 1 aromatic heterocycles. The number of piperazine rings is 1. The van der Waals surface area contributed by atoms with Gasteiger partial charge in [-0.25, -0.2) is 18.4 Å². The van der Waals surface area contributed by atoms with Gasteiger partial charge in [0.2, 0.25) is 5.91 Å². The summed E-state index contributed by atoms with van der Waals surface area (Å²) >= 11 is 0. The van der Waals surface area contributed by atoms with Crippen molar-refractivity contribution in [3.8, 4) is 0 Å². The van der Waals surface area contributed by atoms with E-state index in [1.165, 1.54) is 12.1 Å². The van der Waals surface area contributed by atoms with Crippen molar-refractivity contribution >= 4 is 38.6 Å². The monoisotopic (exact) mass is 453 g/mol. The molecule has 0 aliphatic carbocycles. The minimum absolute atomic E-state index is 0.147. The molecular weight excluding hydrogens is 426 g/mol. The highest BCUT2D eigenvalue weighted by molar-refractivity contribution is 7.92. The fourth-order valence-corrected chi connectivity index (χ4v) is 4.74. The van der Waals surface area contributed by atoms with E-state index in [4.69, 9.17) is 4.98 Å². The lowest BCUT2D eigenvalue weighted by Crippen LogP contribution is -2.49. The van der Waals surface area contributed by atoms with Gasteiger partial charge in [-0.3, -0.25) is 9.52 Å². The summed E-state index contributed by atoms with van der Waals surface area (Å²) in [6, 6.07) is 15.6. The Kier molecular flexibility index (Phi) is 6.27. The zero-order valence-corrected chi connectivity index (χ0v) is 19.0. The molecule has 0 spiro atoms. The predicted molar refractivity (Wildman–Crippen MR) is 125 cm³/mol.